The molecule has 22 heavy (non-hydrogen) atoms. The fourth-order valence-corrected chi connectivity index (χ4v) is 2.27. The number of benzene rings is 1. The Labute approximate surface area is 127 Å². The molecule has 0 aliphatic rings. The van der Waals surface area contributed by atoms with E-state index in [0.29, 0.717) is 6.42 Å². The summed E-state index contributed by atoms with van der Waals surface area (Å²) in [6.45, 7) is 0. The van der Waals surface area contributed by atoms with Crippen LogP contribution in [0, 0.1) is 0 Å². The van der Waals surface area contributed by atoms with Gasteiger partial charge in [0, 0.05) is 30.6 Å². The molecule has 3 rings (SSSR count). The maximum atomic E-state index is 10.7. The van der Waals surface area contributed by atoms with Crippen LogP contribution in [0.4, 0.5) is 0 Å². The van der Waals surface area contributed by atoms with Crippen molar-refractivity contribution in [3.8, 4) is 16.8 Å². The topological polar surface area (TPSA) is 68.0 Å². The highest BCUT2D eigenvalue weighted by atomic mass is 16.4. The molecule has 0 fully saturated rings. The summed E-state index contributed by atoms with van der Waals surface area (Å²) >= 11 is 0. The second-order valence-corrected chi connectivity index (χ2v) is 4.97. The Morgan fingerprint density at radius 1 is 1.14 bits per heavy atom. The van der Waals surface area contributed by atoms with Gasteiger partial charge in [-0.2, -0.15) is 5.10 Å². The minimum absolute atomic E-state index is 0.139. The van der Waals surface area contributed by atoms with E-state index in [2.05, 4.69) is 10.1 Å². The quantitative estimate of drug-likeness (QED) is 0.785. The largest absolute Gasteiger partial charge is 0.481 e. The first-order valence-electron chi connectivity index (χ1n) is 6.98. The zero-order valence-electron chi connectivity index (χ0n) is 11.9. The van der Waals surface area contributed by atoms with Crippen molar-refractivity contribution in [3.63, 3.8) is 0 Å². The number of hydrogen-bond acceptors (Lipinski definition) is 3. The maximum Gasteiger partial charge on any atom is 0.303 e. The lowest BCUT2D eigenvalue weighted by molar-refractivity contribution is -0.136. The fraction of sp³-hybridized carbons (Fsp3) is 0.118. The van der Waals surface area contributed by atoms with Crippen molar-refractivity contribution < 1.29 is 9.90 Å². The molecule has 0 amide bonds. The molecule has 110 valence electrons. The van der Waals surface area contributed by atoms with Gasteiger partial charge in [-0.15, -0.1) is 0 Å². The van der Waals surface area contributed by atoms with Gasteiger partial charge in [0.05, 0.1) is 11.9 Å². The number of rotatable bonds is 5. The Kier molecular flexibility index (Phi) is 3.96. The molecule has 0 bridgehead atoms. The van der Waals surface area contributed by atoms with Crippen LogP contribution in [-0.4, -0.2) is 25.8 Å². The molecule has 0 spiro atoms. The van der Waals surface area contributed by atoms with Gasteiger partial charge in [0.1, 0.15) is 0 Å². The van der Waals surface area contributed by atoms with Gasteiger partial charge in [-0.3, -0.25) is 9.78 Å². The molecule has 1 aromatic carbocycles. The minimum atomic E-state index is -0.782. The van der Waals surface area contributed by atoms with Crippen molar-refractivity contribution in [2.45, 2.75) is 12.8 Å². The molecule has 3 aromatic rings. The van der Waals surface area contributed by atoms with Crippen molar-refractivity contribution >= 4 is 5.97 Å². The summed E-state index contributed by atoms with van der Waals surface area (Å²) in [6.07, 6.45) is 7.87. The average Bonchev–Trinajstić information content (AvgIpc) is 3.04. The summed E-state index contributed by atoms with van der Waals surface area (Å²) in [7, 11) is 0. The summed E-state index contributed by atoms with van der Waals surface area (Å²) in [5.41, 5.74) is 3.98. The third kappa shape index (κ3) is 3.20. The fourth-order valence-electron chi connectivity index (χ4n) is 2.27. The molecule has 2 heterocycles. The Morgan fingerprint density at radius 2 is 1.95 bits per heavy atom. The first kappa shape index (κ1) is 14.0. The molecule has 0 saturated carbocycles. The highest BCUT2D eigenvalue weighted by Gasteiger charge is 2.05. The highest BCUT2D eigenvalue weighted by molar-refractivity contribution is 5.67. The van der Waals surface area contributed by atoms with Crippen LogP contribution >= 0.6 is 0 Å². The van der Waals surface area contributed by atoms with Crippen LogP contribution in [0.1, 0.15) is 12.0 Å². The SMILES string of the molecule is O=C(O)CCc1cccc(-c2cnn(-c3ccncc3)c2)c1. The van der Waals surface area contributed by atoms with Crippen molar-refractivity contribution in [3.05, 3.63) is 66.7 Å². The molecular formula is C17H15N3O2. The molecule has 1 N–H and O–H groups in total. The van der Waals surface area contributed by atoms with Crippen molar-refractivity contribution in [2.75, 3.05) is 0 Å². The van der Waals surface area contributed by atoms with Gasteiger partial charge >= 0.3 is 5.97 Å². The normalized spacial score (nSPS) is 10.5. The van der Waals surface area contributed by atoms with Gasteiger partial charge in [0.25, 0.3) is 0 Å². The molecule has 0 unspecified atom stereocenters. The van der Waals surface area contributed by atoms with E-state index in [1.807, 2.05) is 42.6 Å². The Hall–Kier alpha value is -2.95. The number of hydrogen-bond donors (Lipinski definition) is 1. The smallest absolute Gasteiger partial charge is 0.303 e. The second kappa shape index (κ2) is 6.22. The van der Waals surface area contributed by atoms with Crippen LogP contribution in [0.5, 0.6) is 0 Å². The van der Waals surface area contributed by atoms with Crippen LogP contribution < -0.4 is 0 Å². The number of aryl methyl sites for hydroxylation is 1. The van der Waals surface area contributed by atoms with E-state index in [-0.39, 0.29) is 6.42 Å². The van der Waals surface area contributed by atoms with Crippen LogP contribution in [0.3, 0.4) is 0 Å². The lowest BCUT2D eigenvalue weighted by Crippen LogP contribution is -1.97. The Bertz CT molecular complexity index is 781. The van der Waals surface area contributed by atoms with Gasteiger partial charge in [0.15, 0.2) is 0 Å². The van der Waals surface area contributed by atoms with Crippen molar-refractivity contribution in [1.82, 2.24) is 14.8 Å². The number of nitrogens with zero attached hydrogens (tertiary/aromatic N) is 3. The van der Waals surface area contributed by atoms with Crippen LogP contribution in [-0.2, 0) is 11.2 Å². The monoisotopic (exact) mass is 293 g/mol. The van der Waals surface area contributed by atoms with E-state index in [1.54, 1.807) is 23.3 Å². The Balaban J connectivity index is 1.84. The summed E-state index contributed by atoms with van der Waals surface area (Å²) in [5, 5.41) is 13.1. The number of aliphatic carboxylic acids is 1. The summed E-state index contributed by atoms with van der Waals surface area (Å²) < 4.78 is 1.79. The molecular weight excluding hydrogens is 278 g/mol. The summed E-state index contributed by atoms with van der Waals surface area (Å²) in [4.78, 5) is 14.7. The molecule has 0 aliphatic heterocycles. The van der Waals surface area contributed by atoms with E-state index >= 15 is 0 Å². The molecule has 2 aromatic heterocycles. The number of carbonyl (C=O) groups is 1. The van der Waals surface area contributed by atoms with E-state index in [0.717, 1.165) is 22.4 Å². The van der Waals surface area contributed by atoms with Gasteiger partial charge in [-0.25, -0.2) is 4.68 Å². The lowest BCUT2D eigenvalue weighted by atomic mass is 10.0. The number of carboxylic acids is 1. The third-order valence-electron chi connectivity index (χ3n) is 3.40. The molecule has 0 radical (unpaired) electrons. The summed E-state index contributed by atoms with van der Waals surface area (Å²) in [5.74, 6) is -0.782. The van der Waals surface area contributed by atoms with Gasteiger partial charge in [-0.05, 0) is 29.7 Å². The second-order valence-electron chi connectivity index (χ2n) is 4.97. The van der Waals surface area contributed by atoms with Crippen molar-refractivity contribution in [1.29, 1.82) is 0 Å². The lowest BCUT2D eigenvalue weighted by Gasteiger charge is -2.02. The summed E-state index contributed by atoms with van der Waals surface area (Å²) in [6, 6.07) is 11.7. The average molecular weight is 293 g/mol. The molecule has 0 aliphatic carbocycles. The van der Waals surface area contributed by atoms with Gasteiger partial charge < -0.3 is 5.11 Å². The van der Waals surface area contributed by atoms with Crippen LogP contribution in [0.25, 0.3) is 16.8 Å². The standard InChI is InChI=1S/C17H15N3O2/c21-17(22)5-4-13-2-1-3-14(10-13)15-11-19-20(12-15)16-6-8-18-9-7-16/h1-3,6-12H,4-5H2,(H,21,22). The number of carboxylic acid groups (broad SMARTS) is 1. The molecule has 5 heteroatoms. The maximum absolute atomic E-state index is 10.7. The molecule has 0 atom stereocenters. The van der Waals surface area contributed by atoms with E-state index in [9.17, 15) is 4.79 Å². The van der Waals surface area contributed by atoms with E-state index in [1.165, 1.54) is 0 Å². The van der Waals surface area contributed by atoms with Crippen molar-refractivity contribution in [2.24, 2.45) is 0 Å². The number of pyridine rings is 1. The third-order valence-corrected chi connectivity index (χ3v) is 3.40. The molecule has 5 nitrogen and oxygen atoms in total. The van der Waals surface area contributed by atoms with Crippen LogP contribution in [0.2, 0.25) is 0 Å². The number of aromatic nitrogens is 3. The zero-order chi connectivity index (χ0) is 15.4. The molecule has 0 saturated heterocycles. The zero-order valence-corrected chi connectivity index (χ0v) is 11.9. The predicted molar refractivity (Wildman–Crippen MR) is 82.8 cm³/mol. The minimum Gasteiger partial charge on any atom is -0.481 e. The van der Waals surface area contributed by atoms with Crippen LogP contribution in [0.15, 0.2) is 61.2 Å². The van der Waals surface area contributed by atoms with Gasteiger partial charge in [0.2, 0.25) is 0 Å². The first-order valence-corrected chi connectivity index (χ1v) is 6.98. The Morgan fingerprint density at radius 3 is 2.73 bits per heavy atom. The highest BCUT2D eigenvalue weighted by Crippen LogP contribution is 2.21. The predicted octanol–water partition coefficient (Wildman–Crippen LogP) is 2.95. The van der Waals surface area contributed by atoms with Gasteiger partial charge in [-0.1, -0.05) is 24.3 Å². The van der Waals surface area contributed by atoms with E-state index < -0.39 is 5.97 Å². The first-order chi connectivity index (χ1) is 10.7. The van der Waals surface area contributed by atoms with E-state index in [4.69, 9.17) is 5.11 Å².